The van der Waals surface area contributed by atoms with Gasteiger partial charge in [-0.15, -0.1) is 0 Å². The lowest BCUT2D eigenvalue weighted by molar-refractivity contribution is 1.04. The lowest BCUT2D eigenvalue weighted by Gasteiger charge is -2.14. The average Bonchev–Trinajstić information content (AvgIpc) is 3.83. The van der Waals surface area contributed by atoms with Crippen molar-refractivity contribution in [3.63, 3.8) is 0 Å². The first kappa shape index (κ1) is 60.3. The fraction of sp³-hybridized carbons (Fsp3) is 0.169. The highest BCUT2D eigenvalue weighted by molar-refractivity contribution is 5.81. The molecule has 8 aromatic carbocycles. The molecule has 9 aromatic rings. The third-order valence-electron chi connectivity index (χ3n) is 13.6. The smallest absolute Gasteiger partial charge is 0.0537 e. The van der Waals surface area contributed by atoms with Gasteiger partial charge in [0.2, 0.25) is 0 Å². The normalized spacial score (nSPS) is 10.9. The summed E-state index contributed by atoms with van der Waals surface area (Å²) in [5.41, 5.74) is 27.4. The molecule has 0 spiro atoms. The molecule has 0 radical (unpaired) electrons. The van der Waals surface area contributed by atoms with Crippen molar-refractivity contribution in [3.05, 3.63) is 299 Å². The Morgan fingerprint density at radius 3 is 1.37 bits per heavy atom. The van der Waals surface area contributed by atoms with Gasteiger partial charge < -0.3 is 4.57 Å². The van der Waals surface area contributed by atoms with E-state index < -0.39 is 0 Å². The number of hydrogen-bond donors (Lipinski definition) is 0. The van der Waals surface area contributed by atoms with Crippen molar-refractivity contribution < 1.29 is 0 Å². The second-order valence-electron chi connectivity index (χ2n) is 19.3. The second-order valence-corrected chi connectivity index (χ2v) is 19.3. The number of rotatable bonds is 12. The molecule has 1 heterocycles. The molecule has 0 aliphatic heterocycles. The number of aromatic nitrogens is 1. The van der Waals surface area contributed by atoms with Crippen molar-refractivity contribution in [2.75, 3.05) is 0 Å². The third-order valence-corrected chi connectivity index (χ3v) is 13.6. The van der Waals surface area contributed by atoms with Crippen LogP contribution in [0.3, 0.4) is 0 Å². The van der Waals surface area contributed by atoms with Crippen molar-refractivity contribution >= 4 is 29.9 Å². The summed E-state index contributed by atoms with van der Waals surface area (Å²) in [6.45, 7) is 37.5. The van der Waals surface area contributed by atoms with E-state index in [9.17, 15) is 0 Å². The fourth-order valence-corrected chi connectivity index (χ4v) is 9.37. The molecular formula is C77H83N. The van der Waals surface area contributed by atoms with Gasteiger partial charge in [0.1, 0.15) is 0 Å². The van der Waals surface area contributed by atoms with Crippen LogP contribution in [0.15, 0.2) is 238 Å². The van der Waals surface area contributed by atoms with E-state index in [2.05, 4.69) is 293 Å². The fourth-order valence-electron chi connectivity index (χ4n) is 9.37. The van der Waals surface area contributed by atoms with E-state index in [1.807, 2.05) is 51.1 Å². The molecule has 0 aliphatic carbocycles. The lowest BCUT2D eigenvalue weighted by Crippen LogP contribution is -2.01. The Morgan fingerprint density at radius 1 is 0.436 bits per heavy atom. The summed E-state index contributed by atoms with van der Waals surface area (Å²) in [5.74, 6) is 0. The van der Waals surface area contributed by atoms with Gasteiger partial charge in [-0.3, -0.25) is 0 Å². The number of hydrogen-bond acceptors (Lipinski definition) is 0. The van der Waals surface area contributed by atoms with Crippen LogP contribution in [0, 0.1) is 41.5 Å². The molecule has 78 heavy (non-hydrogen) atoms. The number of benzene rings is 8. The minimum absolute atomic E-state index is 1.02. The first-order valence-electron chi connectivity index (χ1n) is 27.5. The Labute approximate surface area is 470 Å². The van der Waals surface area contributed by atoms with Crippen LogP contribution in [0.5, 0.6) is 0 Å². The molecule has 0 fully saturated rings. The van der Waals surface area contributed by atoms with E-state index in [-0.39, 0.29) is 0 Å². The second kappa shape index (κ2) is 30.9. The van der Waals surface area contributed by atoms with E-state index in [0.29, 0.717) is 0 Å². The highest BCUT2D eigenvalue weighted by atomic mass is 15.0. The van der Waals surface area contributed by atoms with Crippen molar-refractivity contribution in [2.45, 2.75) is 89.5 Å². The molecule has 0 aliphatic rings. The minimum Gasteiger partial charge on any atom is -0.309 e. The summed E-state index contributed by atoms with van der Waals surface area (Å²) in [6, 6.07) is 68.7. The number of allylic oxidation sites excluding steroid dienone is 5. The first-order valence-corrected chi connectivity index (χ1v) is 27.5. The first-order chi connectivity index (χ1) is 37.8. The zero-order valence-electron chi connectivity index (χ0n) is 48.8. The predicted molar refractivity (Wildman–Crippen MR) is 349 cm³/mol. The van der Waals surface area contributed by atoms with Gasteiger partial charge in [0.25, 0.3) is 0 Å². The maximum absolute atomic E-state index is 4.05. The van der Waals surface area contributed by atoms with Crippen LogP contribution in [-0.2, 0) is 0 Å². The molecule has 1 heteroatoms. The molecule has 0 unspecified atom stereocenters. The Morgan fingerprint density at radius 2 is 0.885 bits per heavy atom. The highest BCUT2D eigenvalue weighted by Gasteiger charge is 2.18. The molecule has 1 nitrogen and oxygen atoms in total. The van der Waals surface area contributed by atoms with Gasteiger partial charge in [-0.05, 0) is 177 Å². The van der Waals surface area contributed by atoms with E-state index >= 15 is 0 Å². The molecule has 0 N–H and O–H groups in total. The Hall–Kier alpha value is -8.52. The molecule has 0 saturated heterocycles. The van der Waals surface area contributed by atoms with Gasteiger partial charge in [0, 0.05) is 16.8 Å². The van der Waals surface area contributed by atoms with E-state index in [0.717, 1.165) is 34.6 Å². The molecule has 1 aromatic heterocycles. The van der Waals surface area contributed by atoms with Gasteiger partial charge in [-0.25, -0.2) is 0 Å². The zero-order valence-corrected chi connectivity index (χ0v) is 48.8. The molecular weight excluding hydrogens is 939 g/mol. The van der Waals surface area contributed by atoms with Crippen LogP contribution in [0.2, 0.25) is 0 Å². The summed E-state index contributed by atoms with van der Waals surface area (Å²) in [5, 5.41) is 0. The van der Waals surface area contributed by atoms with Crippen LogP contribution in [0.4, 0.5) is 0 Å². The topological polar surface area (TPSA) is 4.93 Å². The maximum Gasteiger partial charge on any atom is 0.0537 e. The van der Waals surface area contributed by atoms with Gasteiger partial charge in [0.05, 0.1) is 11.4 Å². The molecule has 0 bridgehead atoms. The monoisotopic (exact) mass is 1020 g/mol. The van der Waals surface area contributed by atoms with Crippen LogP contribution in [-0.4, -0.2) is 4.57 Å². The largest absolute Gasteiger partial charge is 0.309 e. The van der Waals surface area contributed by atoms with E-state index in [4.69, 9.17) is 0 Å². The number of aryl methyl sites for hydroxylation is 6. The van der Waals surface area contributed by atoms with Gasteiger partial charge in [-0.2, -0.15) is 0 Å². The standard InChI is InChI=1S/C26H25N.C20H18.C15H20.C14H14.C2H6/c1-6-13-26-23(8-3)22(7-2)25(9-4)27(26)21-17-16-19(5)24(18-21)20-14-11-10-12-15-20;1-15-6-3-8-17(12-15)19-10-5-11-20(14-19)18-9-4-7-16(2)13-18;1-5-6-9-12(2)14(4)15-11-8-7-10-13(15)3;1-11-8-9-12(2)14(10-11)13-6-4-3-5-7-13;1-2/h6-18H,2-4H2,1,5H3;3-14H,1-2H3;6-11H,5H2,1-4H3;3-10H,1-2H3;1-2H3/b13-6-;;9-6-,14-12+;;. The Bertz CT molecular complexity index is 3420. The summed E-state index contributed by atoms with van der Waals surface area (Å²) in [6.07, 6.45) is 15.3. The average molecular weight is 1020 g/mol. The van der Waals surface area contributed by atoms with Crippen LogP contribution in [0.1, 0.15) is 109 Å². The summed E-state index contributed by atoms with van der Waals surface area (Å²) < 4.78 is 2.23. The molecule has 9 rings (SSSR count). The van der Waals surface area contributed by atoms with E-state index in [1.54, 1.807) is 0 Å². The van der Waals surface area contributed by atoms with Crippen molar-refractivity contribution in [1.29, 1.82) is 0 Å². The molecule has 0 amide bonds. The minimum atomic E-state index is 1.02. The van der Waals surface area contributed by atoms with E-state index in [1.165, 1.54) is 94.6 Å². The predicted octanol–water partition coefficient (Wildman–Crippen LogP) is 22.8. The van der Waals surface area contributed by atoms with Crippen molar-refractivity contribution in [3.8, 4) is 50.2 Å². The maximum atomic E-state index is 4.05. The van der Waals surface area contributed by atoms with Crippen molar-refractivity contribution in [2.24, 2.45) is 0 Å². The highest BCUT2D eigenvalue weighted by Crippen LogP contribution is 2.34. The Balaban J connectivity index is 0.000000196. The van der Waals surface area contributed by atoms with Crippen LogP contribution >= 0.6 is 0 Å². The molecule has 0 saturated carbocycles. The third kappa shape index (κ3) is 16.2. The van der Waals surface area contributed by atoms with Crippen molar-refractivity contribution in [1.82, 2.24) is 4.57 Å². The molecule has 396 valence electrons. The van der Waals surface area contributed by atoms with Gasteiger partial charge in [0.15, 0.2) is 0 Å². The summed E-state index contributed by atoms with van der Waals surface area (Å²) in [4.78, 5) is 0. The zero-order chi connectivity index (χ0) is 56.6. The summed E-state index contributed by atoms with van der Waals surface area (Å²) in [7, 11) is 0. The quantitative estimate of drug-likeness (QED) is 0.108. The lowest BCUT2D eigenvalue weighted by atomic mass is 9.97. The SMILES string of the molecule is C=Cc1c(C=C)c(/C=C\C)n(-c2ccc(C)c(-c3ccccc3)c2)c1C=C.CC.CC/C=C\C(C)=C(/C)c1ccccc1C.Cc1ccc(C)c(-c2ccccc2)c1.Cc1cccc(-c2cccc(-c3cccc(C)c3)c2)c1. The Kier molecular flexibility index (Phi) is 23.9. The van der Waals surface area contributed by atoms with Gasteiger partial charge in [-0.1, -0.05) is 264 Å². The van der Waals surface area contributed by atoms with Crippen LogP contribution in [0.25, 0.3) is 80.1 Å². The summed E-state index contributed by atoms with van der Waals surface area (Å²) >= 11 is 0. The molecule has 0 atom stereocenters. The van der Waals surface area contributed by atoms with Gasteiger partial charge >= 0.3 is 0 Å². The number of nitrogens with zero attached hydrogens (tertiary/aromatic N) is 1. The van der Waals surface area contributed by atoms with Crippen LogP contribution < -0.4 is 0 Å².